The Morgan fingerprint density at radius 1 is 0.829 bits per heavy atom. The summed E-state index contributed by atoms with van der Waals surface area (Å²) in [6, 6.07) is 24.3. The highest BCUT2D eigenvalue weighted by molar-refractivity contribution is 7.98. The zero-order valence-corrected chi connectivity index (χ0v) is 22.4. The first kappa shape index (κ1) is 25.0. The summed E-state index contributed by atoms with van der Waals surface area (Å²) in [5, 5.41) is 7.10. The van der Waals surface area contributed by atoms with E-state index < -0.39 is 0 Å². The van der Waals surface area contributed by atoms with Gasteiger partial charge in [0.2, 0.25) is 0 Å². The van der Waals surface area contributed by atoms with Crippen molar-refractivity contribution in [3.8, 4) is 21.0 Å². The molecule has 180 valence electrons. The quantitative estimate of drug-likeness (QED) is 0.248. The predicted octanol–water partition coefficient (Wildman–Crippen LogP) is 9.09. The number of thiazole rings is 1. The molecule has 1 heterocycles. The van der Waals surface area contributed by atoms with Crippen molar-refractivity contribution in [2.75, 3.05) is 16.9 Å². The largest absolute Gasteiger partial charge is 0.324 e. The van der Waals surface area contributed by atoms with Gasteiger partial charge in [-0.2, -0.15) is 0 Å². The van der Waals surface area contributed by atoms with Crippen molar-refractivity contribution >= 4 is 40.6 Å². The van der Waals surface area contributed by atoms with Gasteiger partial charge < -0.3 is 5.32 Å². The van der Waals surface area contributed by atoms with Crippen LogP contribution in [0.3, 0.4) is 0 Å². The number of urea groups is 1. The number of thioether (sulfide) groups is 1. The van der Waals surface area contributed by atoms with Gasteiger partial charge in [0.15, 0.2) is 5.82 Å². The summed E-state index contributed by atoms with van der Waals surface area (Å²) < 4.78 is 0. The van der Waals surface area contributed by atoms with E-state index in [2.05, 4.69) is 74.9 Å². The van der Waals surface area contributed by atoms with Crippen LogP contribution in [0.5, 0.6) is 0 Å². The molecule has 35 heavy (non-hydrogen) atoms. The number of benzene rings is 3. The molecule has 1 aromatic heterocycles. The lowest BCUT2D eigenvalue weighted by atomic mass is 9.93. The molecule has 0 aliphatic heterocycles. The van der Waals surface area contributed by atoms with E-state index in [0.717, 1.165) is 42.7 Å². The highest BCUT2D eigenvalue weighted by atomic mass is 32.2. The first-order chi connectivity index (χ1) is 16.9. The molecule has 0 aliphatic carbocycles. The van der Waals surface area contributed by atoms with Gasteiger partial charge in [0, 0.05) is 21.7 Å². The molecular weight excluding hydrogens is 470 g/mol. The molecule has 4 aromatic rings. The molecule has 0 radical (unpaired) electrons. The number of amides is 2. The average molecular weight is 502 g/mol. The fraction of sp³-hybridized carbons (Fsp3) is 0.241. The molecule has 0 fully saturated rings. The van der Waals surface area contributed by atoms with E-state index >= 15 is 0 Å². The summed E-state index contributed by atoms with van der Waals surface area (Å²) in [7, 11) is 0. The van der Waals surface area contributed by atoms with Crippen LogP contribution in [-0.4, -0.2) is 17.3 Å². The van der Waals surface area contributed by atoms with Crippen molar-refractivity contribution < 1.29 is 4.79 Å². The molecular formula is C29H31N3OS2. The van der Waals surface area contributed by atoms with E-state index in [0.29, 0.717) is 5.82 Å². The molecule has 6 heteroatoms. The highest BCUT2D eigenvalue weighted by Gasteiger charge is 2.21. The van der Waals surface area contributed by atoms with Crippen molar-refractivity contribution in [3.05, 3.63) is 83.9 Å². The molecule has 0 spiro atoms. The minimum absolute atomic E-state index is 0.284. The standard InChI is InChI=1S/C29H31N3OS2/c1-18(2)21-15-11-16-22(19(3)4)25(21)30-29(33)32-27-26(23-14-9-10-17-24(23)34-5)35-28(31-27)20-12-7-6-8-13-20/h6-19H,1-5H3,(H2,30,32,33). The van der Waals surface area contributed by atoms with Crippen LogP contribution >= 0.6 is 23.1 Å². The van der Waals surface area contributed by atoms with Crippen molar-refractivity contribution in [2.45, 2.75) is 44.4 Å². The Bertz CT molecular complexity index is 1290. The molecule has 0 atom stereocenters. The fourth-order valence-electron chi connectivity index (χ4n) is 4.07. The number of rotatable bonds is 7. The second kappa shape index (κ2) is 11.1. The van der Waals surface area contributed by atoms with Crippen LogP contribution in [0.15, 0.2) is 77.7 Å². The third kappa shape index (κ3) is 5.60. The summed E-state index contributed by atoms with van der Waals surface area (Å²) in [5.41, 5.74) is 5.24. The monoisotopic (exact) mass is 501 g/mol. The second-order valence-electron chi connectivity index (χ2n) is 8.96. The number of carbonyl (C=O) groups excluding carboxylic acids is 1. The number of aromatic nitrogens is 1. The molecule has 3 aromatic carbocycles. The summed E-state index contributed by atoms with van der Waals surface area (Å²) in [6.45, 7) is 8.58. The van der Waals surface area contributed by atoms with Crippen LogP contribution in [0.4, 0.5) is 16.3 Å². The van der Waals surface area contributed by atoms with Crippen molar-refractivity contribution in [1.82, 2.24) is 4.98 Å². The van der Waals surface area contributed by atoms with Crippen molar-refractivity contribution in [3.63, 3.8) is 0 Å². The Morgan fingerprint density at radius 3 is 2.09 bits per heavy atom. The number of nitrogens with one attached hydrogen (secondary N) is 2. The van der Waals surface area contributed by atoms with Crippen LogP contribution in [-0.2, 0) is 0 Å². The first-order valence-electron chi connectivity index (χ1n) is 11.8. The Labute approximate surface area is 216 Å². The molecule has 4 rings (SSSR count). The predicted molar refractivity (Wildman–Crippen MR) is 152 cm³/mol. The number of hydrogen-bond donors (Lipinski definition) is 2. The number of para-hydroxylation sites is 1. The van der Waals surface area contributed by atoms with Gasteiger partial charge in [-0.15, -0.1) is 23.1 Å². The molecule has 0 aliphatic rings. The van der Waals surface area contributed by atoms with Gasteiger partial charge in [-0.3, -0.25) is 5.32 Å². The number of nitrogens with zero attached hydrogens (tertiary/aromatic N) is 1. The number of hydrogen-bond acceptors (Lipinski definition) is 4. The van der Waals surface area contributed by atoms with Crippen LogP contribution in [0.1, 0.15) is 50.7 Å². The minimum atomic E-state index is -0.284. The number of anilines is 2. The van der Waals surface area contributed by atoms with Gasteiger partial charge in [0.1, 0.15) is 5.01 Å². The second-order valence-corrected chi connectivity index (χ2v) is 10.8. The van der Waals surface area contributed by atoms with E-state index in [1.807, 2.05) is 42.5 Å². The topological polar surface area (TPSA) is 54.0 Å². The minimum Gasteiger partial charge on any atom is -0.307 e. The maximum atomic E-state index is 13.4. The fourth-order valence-corrected chi connectivity index (χ4v) is 5.81. The summed E-state index contributed by atoms with van der Waals surface area (Å²) in [4.78, 5) is 20.3. The van der Waals surface area contributed by atoms with Crippen LogP contribution in [0.25, 0.3) is 21.0 Å². The van der Waals surface area contributed by atoms with Gasteiger partial charge in [0.25, 0.3) is 0 Å². The van der Waals surface area contributed by atoms with Crippen LogP contribution in [0.2, 0.25) is 0 Å². The third-order valence-electron chi connectivity index (χ3n) is 5.84. The lowest BCUT2D eigenvalue weighted by Gasteiger charge is -2.20. The van der Waals surface area contributed by atoms with E-state index in [-0.39, 0.29) is 17.9 Å². The van der Waals surface area contributed by atoms with Crippen LogP contribution in [0, 0.1) is 0 Å². The highest BCUT2D eigenvalue weighted by Crippen LogP contribution is 2.42. The Kier molecular flexibility index (Phi) is 7.93. The summed E-state index contributed by atoms with van der Waals surface area (Å²) in [5.74, 6) is 1.15. The Morgan fingerprint density at radius 2 is 1.46 bits per heavy atom. The summed E-state index contributed by atoms with van der Waals surface area (Å²) in [6.07, 6.45) is 2.06. The Hall–Kier alpha value is -3.09. The maximum absolute atomic E-state index is 13.4. The van der Waals surface area contributed by atoms with Crippen LogP contribution < -0.4 is 10.6 Å². The van der Waals surface area contributed by atoms with E-state index in [1.165, 1.54) is 0 Å². The molecule has 2 amide bonds. The normalized spacial score (nSPS) is 11.2. The molecule has 4 nitrogen and oxygen atoms in total. The summed E-state index contributed by atoms with van der Waals surface area (Å²) >= 11 is 3.28. The lowest BCUT2D eigenvalue weighted by Crippen LogP contribution is -2.22. The zero-order valence-electron chi connectivity index (χ0n) is 20.8. The SMILES string of the molecule is CSc1ccccc1-c1sc(-c2ccccc2)nc1NC(=O)Nc1c(C(C)C)cccc1C(C)C. The van der Waals surface area contributed by atoms with E-state index in [4.69, 9.17) is 4.98 Å². The van der Waals surface area contributed by atoms with Gasteiger partial charge in [-0.1, -0.05) is 94.4 Å². The van der Waals surface area contributed by atoms with E-state index in [9.17, 15) is 4.79 Å². The van der Waals surface area contributed by atoms with Crippen molar-refractivity contribution in [1.29, 1.82) is 0 Å². The Balaban J connectivity index is 1.73. The molecule has 0 saturated carbocycles. The molecule has 0 unspecified atom stereocenters. The van der Waals surface area contributed by atoms with Gasteiger partial charge in [-0.05, 0) is 35.3 Å². The maximum Gasteiger partial charge on any atom is 0.324 e. The van der Waals surface area contributed by atoms with E-state index in [1.54, 1.807) is 23.1 Å². The first-order valence-corrected chi connectivity index (χ1v) is 13.8. The van der Waals surface area contributed by atoms with Crippen molar-refractivity contribution in [2.24, 2.45) is 0 Å². The van der Waals surface area contributed by atoms with Gasteiger partial charge >= 0.3 is 6.03 Å². The third-order valence-corrected chi connectivity index (χ3v) is 7.78. The average Bonchev–Trinajstić information content (AvgIpc) is 3.27. The lowest BCUT2D eigenvalue weighted by molar-refractivity contribution is 0.262. The number of carbonyl (C=O) groups is 1. The molecule has 2 N–H and O–H groups in total. The molecule has 0 saturated heterocycles. The zero-order chi connectivity index (χ0) is 24.9. The van der Waals surface area contributed by atoms with Gasteiger partial charge in [-0.25, -0.2) is 9.78 Å². The van der Waals surface area contributed by atoms with Gasteiger partial charge in [0.05, 0.1) is 4.88 Å². The smallest absolute Gasteiger partial charge is 0.307 e. The molecule has 0 bridgehead atoms.